The number of oxazole rings is 1. The minimum Gasteiger partial charge on any atom is -0.457 e. The molecule has 0 spiro atoms. The van der Waals surface area contributed by atoms with Gasteiger partial charge < -0.3 is 14.5 Å². The number of rotatable bonds is 8. The number of amides is 1. The van der Waals surface area contributed by atoms with Gasteiger partial charge in [0.05, 0.1) is 0 Å². The van der Waals surface area contributed by atoms with Gasteiger partial charge in [0.25, 0.3) is 5.22 Å². The Hall–Kier alpha value is -3.13. The number of hydrogen-bond donors (Lipinski definition) is 1. The van der Waals surface area contributed by atoms with E-state index in [4.69, 9.17) is 9.15 Å². The molecule has 0 atom stereocenters. The fraction of sp³-hybridized carbons (Fsp3) is 0.200. The molecule has 144 valence electrons. The second-order valence-corrected chi connectivity index (χ2v) is 6.85. The first-order chi connectivity index (χ1) is 13.5. The molecule has 1 heterocycles. The number of nitrogens with zero attached hydrogens (tertiary/aromatic N) is 1. The molecule has 28 heavy (non-hydrogen) atoms. The molecular formula is C20H18N2O5S. The van der Waals surface area contributed by atoms with Crippen molar-refractivity contribution in [3.8, 4) is 0 Å². The number of benzene rings is 2. The number of thioether (sulfide) groups is 1. The predicted octanol–water partition coefficient (Wildman–Crippen LogP) is 2.98. The minimum atomic E-state index is -0.525. The zero-order chi connectivity index (χ0) is 19.9. The average Bonchev–Trinajstić information content (AvgIpc) is 3.12. The maximum atomic E-state index is 12.1. The summed E-state index contributed by atoms with van der Waals surface area (Å²) in [4.78, 5) is 39.2. The van der Waals surface area contributed by atoms with Gasteiger partial charge in [-0.1, -0.05) is 48.2 Å². The first-order valence-corrected chi connectivity index (χ1v) is 9.50. The van der Waals surface area contributed by atoms with Crippen LogP contribution in [0, 0.1) is 0 Å². The summed E-state index contributed by atoms with van der Waals surface area (Å²) < 4.78 is 10.5. The van der Waals surface area contributed by atoms with Crippen LogP contribution in [0.4, 0.5) is 0 Å². The van der Waals surface area contributed by atoms with E-state index in [9.17, 15) is 14.4 Å². The van der Waals surface area contributed by atoms with Crippen molar-refractivity contribution in [2.45, 2.75) is 18.7 Å². The van der Waals surface area contributed by atoms with Gasteiger partial charge in [0.1, 0.15) is 11.3 Å². The fourth-order valence-electron chi connectivity index (χ4n) is 2.34. The van der Waals surface area contributed by atoms with Crippen LogP contribution in [0.5, 0.6) is 0 Å². The zero-order valence-corrected chi connectivity index (χ0v) is 16.0. The van der Waals surface area contributed by atoms with Crippen LogP contribution in [-0.2, 0) is 20.9 Å². The smallest absolute Gasteiger partial charge is 0.316 e. The first kappa shape index (κ1) is 19.6. The van der Waals surface area contributed by atoms with E-state index in [1.54, 1.807) is 30.3 Å². The molecule has 0 saturated carbocycles. The van der Waals surface area contributed by atoms with E-state index in [2.05, 4.69) is 10.3 Å². The number of carbonyl (C=O) groups is 3. The summed E-state index contributed by atoms with van der Waals surface area (Å²) in [7, 11) is 0. The van der Waals surface area contributed by atoms with Crippen molar-refractivity contribution >= 4 is 40.5 Å². The lowest BCUT2D eigenvalue weighted by Gasteiger charge is -2.05. The molecule has 0 unspecified atom stereocenters. The van der Waals surface area contributed by atoms with Gasteiger partial charge in [0, 0.05) is 19.0 Å². The second kappa shape index (κ2) is 9.18. The Morgan fingerprint density at radius 3 is 2.57 bits per heavy atom. The van der Waals surface area contributed by atoms with Crippen LogP contribution >= 0.6 is 11.8 Å². The number of ketones is 1. The summed E-state index contributed by atoms with van der Waals surface area (Å²) in [5, 5.41) is 3.05. The van der Waals surface area contributed by atoms with Crippen LogP contribution in [0.3, 0.4) is 0 Å². The number of nitrogens with one attached hydrogen (secondary N) is 1. The number of para-hydroxylation sites is 2. The van der Waals surface area contributed by atoms with Crippen LogP contribution in [0.25, 0.3) is 11.1 Å². The number of aromatic nitrogens is 1. The molecular weight excluding hydrogens is 380 g/mol. The van der Waals surface area contributed by atoms with Crippen molar-refractivity contribution in [1.29, 1.82) is 0 Å². The topological polar surface area (TPSA) is 98.5 Å². The Balaban J connectivity index is 1.44. The second-order valence-electron chi connectivity index (χ2n) is 5.93. The summed E-state index contributed by atoms with van der Waals surface area (Å²) >= 11 is 1.11. The third-order valence-electron chi connectivity index (χ3n) is 3.77. The number of fused-ring (bicyclic) bond motifs is 1. The van der Waals surface area contributed by atoms with E-state index in [1.807, 2.05) is 18.2 Å². The molecule has 3 rings (SSSR count). The predicted molar refractivity (Wildman–Crippen MR) is 104 cm³/mol. The number of Topliss-reactive ketones (excluding diaryl/α,β-unsaturated/α-hetero) is 1. The van der Waals surface area contributed by atoms with Gasteiger partial charge in [-0.25, -0.2) is 4.98 Å². The van der Waals surface area contributed by atoms with Crippen molar-refractivity contribution in [2.75, 3.05) is 12.4 Å². The zero-order valence-electron chi connectivity index (χ0n) is 15.1. The lowest BCUT2D eigenvalue weighted by atomic mass is 10.1. The molecule has 0 fully saturated rings. The Morgan fingerprint density at radius 2 is 1.86 bits per heavy atom. The normalized spacial score (nSPS) is 10.6. The third-order valence-corrected chi connectivity index (χ3v) is 4.57. The van der Waals surface area contributed by atoms with Crippen LogP contribution in [0.15, 0.2) is 58.2 Å². The fourth-order valence-corrected chi connectivity index (χ4v) is 2.98. The number of carbonyl (C=O) groups excluding carboxylic acids is 3. The molecule has 0 saturated heterocycles. The highest BCUT2D eigenvalue weighted by Crippen LogP contribution is 2.23. The lowest BCUT2D eigenvalue weighted by molar-refractivity contribution is -0.139. The molecule has 2 aromatic carbocycles. The molecule has 1 aromatic heterocycles. The highest BCUT2D eigenvalue weighted by atomic mass is 32.2. The van der Waals surface area contributed by atoms with Crippen LogP contribution in [-0.4, -0.2) is 35.0 Å². The van der Waals surface area contributed by atoms with Crippen molar-refractivity contribution in [3.05, 3.63) is 59.7 Å². The molecule has 0 aliphatic heterocycles. The summed E-state index contributed by atoms with van der Waals surface area (Å²) in [6.45, 7) is 1.50. The molecule has 0 aliphatic carbocycles. The highest BCUT2D eigenvalue weighted by molar-refractivity contribution is 7.99. The van der Waals surface area contributed by atoms with Gasteiger partial charge in [-0.05, 0) is 17.7 Å². The average molecular weight is 398 g/mol. The number of ether oxygens (including phenoxy) is 1. The number of esters is 1. The Kier molecular flexibility index (Phi) is 6.44. The van der Waals surface area contributed by atoms with Crippen LogP contribution < -0.4 is 5.32 Å². The summed E-state index contributed by atoms with van der Waals surface area (Å²) in [6, 6.07) is 14.1. The van der Waals surface area contributed by atoms with Gasteiger partial charge in [0.15, 0.2) is 18.0 Å². The Morgan fingerprint density at radius 1 is 1.11 bits per heavy atom. The lowest BCUT2D eigenvalue weighted by Crippen LogP contribution is -2.19. The van der Waals surface area contributed by atoms with Crippen LogP contribution in [0.2, 0.25) is 0 Å². The third kappa shape index (κ3) is 5.43. The molecule has 0 radical (unpaired) electrons. The van der Waals surface area contributed by atoms with Crippen molar-refractivity contribution in [1.82, 2.24) is 10.3 Å². The molecule has 0 aliphatic rings. The Labute approximate surface area is 165 Å². The van der Waals surface area contributed by atoms with Gasteiger partial charge in [0.2, 0.25) is 5.91 Å². The van der Waals surface area contributed by atoms with E-state index in [0.29, 0.717) is 22.9 Å². The SMILES string of the molecule is CC(=O)NCc1ccc(C(=O)COC(=O)CSc2nc3ccccc3o2)cc1. The summed E-state index contributed by atoms with van der Waals surface area (Å²) in [5.41, 5.74) is 2.68. The molecule has 7 nitrogen and oxygen atoms in total. The quantitative estimate of drug-likeness (QED) is 0.354. The van der Waals surface area contributed by atoms with Crippen molar-refractivity contribution in [2.24, 2.45) is 0 Å². The molecule has 1 N–H and O–H groups in total. The van der Waals surface area contributed by atoms with Gasteiger partial charge >= 0.3 is 5.97 Å². The van der Waals surface area contributed by atoms with E-state index in [-0.39, 0.29) is 24.1 Å². The largest absolute Gasteiger partial charge is 0.457 e. The first-order valence-electron chi connectivity index (χ1n) is 8.52. The highest BCUT2D eigenvalue weighted by Gasteiger charge is 2.13. The Bertz CT molecular complexity index is 964. The molecule has 0 bridgehead atoms. The van der Waals surface area contributed by atoms with E-state index >= 15 is 0 Å². The van der Waals surface area contributed by atoms with Crippen molar-refractivity contribution < 1.29 is 23.5 Å². The molecule has 3 aromatic rings. The van der Waals surface area contributed by atoms with Gasteiger partial charge in [-0.3, -0.25) is 14.4 Å². The van der Waals surface area contributed by atoms with Gasteiger partial charge in [-0.15, -0.1) is 0 Å². The van der Waals surface area contributed by atoms with E-state index in [0.717, 1.165) is 22.8 Å². The van der Waals surface area contributed by atoms with Crippen molar-refractivity contribution in [3.63, 3.8) is 0 Å². The van der Waals surface area contributed by atoms with Crippen LogP contribution in [0.1, 0.15) is 22.8 Å². The summed E-state index contributed by atoms with van der Waals surface area (Å²) in [5.74, 6) is -0.951. The maximum Gasteiger partial charge on any atom is 0.316 e. The van der Waals surface area contributed by atoms with E-state index in [1.165, 1.54) is 6.92 Å². The maximum absolute atomic E-state index is 12.1. The van der Waals surface area contributed by atoms with E-state index < -0.39 is 5.97 Å². The molecule has 1 amide bonds. The van der Waals surface area contributed by atoms with Gasteiger partial charge in [-0.2, -0.15) is 0 Å². The minimum absolute atomic E-state index is 0.00421. The summed E-state index contributed by atoms with van der Waals surface area (Å²) in [6.07, 6.45) is 0. The monoisotopic (exact) mass is 398 g/mol. The number of hydrogen-bond acceptors (Lipinski definition) is 7. The standard InChI is InChI=1S/C20H18N2O5S/c1-13(23)21-10-14-6-8-15(9-7-14)17(24)11-26-19(25)12-28-20-22-16-4-2-3-5-18(16)27-20/h2-9H,10-12H2,1H3,(H,21,23). The molecule has 8 heteroatoms.